The molecule has 1 N–H and O–H groups in total. The van der Waals surface area contributed by atoms with Gasteiger partial charge in [-0.2, -0.15) is 0 Å². The van der Waals surface area contributed by atoms with Crippen LogP contribution in [0.2, 0.25) is 0 Å². The lowest BCUT2D eigenvalue weighted by Gasteiger charge is -2.22. The van der Waals surface area contributed by atoms with E-state index in [1.54, 1.807) is 12.1 Å². The molecule has 0 radical (unpaired) electrons. The summed E-state index contributed by atoms with van der Waals surface area (Å²) in [6.07, 6.45) is 2.16. The first-order valence-electron chi connectivity index (χ1n) is 9.86. The Morgan fingerprint density at radius 2 is 1.84 bits per heavy atom. The Labute approximate surface area is 182 Å². The number of rotatable bonds is 6. The monoisotopic (exact) mass is 430 g/mol. The Morgan fingerprint density at radius 1 is 1.06 bits per heavy atom. The third-order valence-corrected chi connectivity index (χ3v) is 6.33. The SMILES string of the molecule is O=C(CCc1ccccc1)C1=C(O)C(=O)N(c2nc3ccccc3s2)C1c1ccco1. The van der Waals surface area contributed by atoms with Crippen LogP contribution in [0, 0.1) is 0 Å². The number of nitrogens with zero attached hydrogens (tertiary/aromatic N) is 2. The van der Waals surface area contributed by atoms with Crippen LogP contribution in [0.5, 0.6) is 0 Å². The first-order chi connectivity index (χ1) is 15.1. The summed E-state index contributed by atoms with van der Waals surface area (Å²) in [6.45, 7) is 0. The number of carbonyl (C=O) groups excluding carboxylic acids is 2. The van der Waals surface area contributed by atoms with Crippen molar-refractivity contribution in [2.24, 2.45) is 0 Å². The van der Waals surface area contributed by atoms with Crippen molar-refractivity contribution in [3.05, 3.63) is 95.6 Å². The zero-order valence-corrected chi connectivity index (χ0v) is 17.2. The standard InChI is InChI=1S/C24H18N2O4S/c27-17(13-12-15-7-2-1-3-8-15)20-21(18-10-6-14-30-18)26(23(29)22(20)28)24-25-16-9-4-5-11-19(16)31-24/h1-11,14,21,28H,12-13H2. The summed E-state index contributed by atoms with van der Waals surface area (Å²) in [7, 11) is 0. The first kappa shape index (κ1) is 19.3. The lowest BCUT2D eigenvalue weighted by Crippen LogP contribution is -2.30. The number of benzene rings is 2. The summed E-state index contributed by atoms with van der Waals surface area (Å²) in [5.41, 5.74) is 1.81. The minimum absolute atomic E-state index is 0.0511. The van der Waals surface area contributed by atoms with Gasteiger partial charge in [0.2, 0.25) is 0 Å². The highest BCUT2D eigenvalue weighted by Gasteiger charge is 2.46. The van der Waals surface area contributed by atoms with Crippen molar-refractivity contribution in [2.75, 3.05) is 4.90 Å². The highest BCUT2D eigenvalue weighted by molar-refractivity contribution is 7.22. The Balaban J connectivity index is 1.52. The van der Waals surface area contributed by atoms with Crippen molar-refractivity contribution in [3.8, 4) is 0 Å². The molecule has 7 heteroatoms. The molecule has 2 aromatic heterocycles. The highest BCUT2D eigenvalue weighted by atomic mass is 32.1. The van der Waals surface area contributed by atoms with Crippen molar-refractivity contribution < 1.29 is 19.1 Å². The average molecular weight is 430 g/mol. The number of fused-ring (bicyclic) bond motifs is 1. The second-order valence-corrected chi connectivity index (χ2v) is 8.24. The molecule has 6 nitrogen and oxygen atoms in total. The third-order valence-electron chi connectivity index (χ3n) is 5.29. The van der Waals surface area contributed by atoms with E-state index in [2.05, 4.69) is 4.98 Å². The molecule has 0 fully saturated rings. The van der Waals surface area contributed by atoms with Crippen molar-refractivity contribution in [3.63, 3.8) is 0 Å². The maximum absolute atomic E-state index is 13.2. The molecule has 0 bridgehead atoms. The number of para-hydroxylation sites is 1. The van der Waals surface area contributed by atoms with Gasteiger partial charge in [-0.1, -0.05) is 53.8 Å². The van der Waals surface area contributed by atoms with E-state index in [4.69, 9.17) is 4.42 Å². The molecule has 0 spiro atoms. The number of aromatic nitrogens is 1. The Kier molecular flexibility index (Phi) is 4.88. The van der Waals surface area contributed by atoms with Gasteiger partial charge in [-0.3, -0.25) is 14.5 Å². The van der Waals surface area contributed by atoms with Gasteiger partial charge in [0.1, 0.15) is 11.8 Å². The van der Waals surface area contributed by atoms with E-state index in [1.807, 2.05) is 54.6 Å². The molecule has 2 aromatic carbocycles. The van der Waals surface area contributed by atoms with Gasteiger partial charge in [0, 0.05) is 6.42 Å². The number of aryl methyl sites for hydroxylation is 1. The number of aliphatic hydroxyl groups is 1. The van der Waals surface area contributed by atoms with E-state index in [9.17, 15) is 14.7 Å². The van der Waals surface area contributed by atoms with Crippen molar-refractivity contribution in [1.29, 1.82) is 0 Å². The maximum Gasteiger partial charge on any atom is 0.296 e. The van der Waals surface area contributed by atoms with Gasteiger partial charge in [-0.05, 0) is 36.2 Å². The predicted molar refractivity (Wildman–Crippen MR) is 118 cm³/mol. The number of aliphatic hydroxyl groups excluding tert-OH is 1. The summed E-state index contributed by atoms with van der Waals surface area (Å²) >= 11 is 1.33. The van der Waals surface area contributed by atoms with Crippen LogP contribution in [-0.4, -0.2) is 21.8 Å². The van der Waals surface area contributed by atoms with Crippen LogP contribution in [0.25, 0.3) is 10.2 Å². The van der Waals surface area contributed by atoms with Crippen LogP contribution in [0.4, 0.5) is 5.13 Å². The summed E-state index contributed by atoms with van der Waals surface area (Å²) in [4.78, 5) is 32.2. The molecule has 0 saturated carbocycles. The van der Waals surface area contributed by atoms with Crippen molar-refractivity contribution >= 4 is 38.4 Å². The summed E-state index contributed by atoms with van der Waals surface area (Å²) < 4.78 is 6.48. The topological polar surface area (TPSA) is 83.6 Å². The van der Waals surface area contributed by atoms with Crippen LogP contribution >= 0.6 is 11.3 Å². The van der Waals surface area contributed by atoms with E-state index in [0.29, 0.717) is 17.3 Å². The van der Waals surface area contributed by atoms with Crippen LogP contribution in [0.15, 0.2) is 88.7 Å². The van der Waals surface area contributed by atoms with Gasteiger partial charge in [0.15, 0.2) is 16.7 Å². The Bertz CT molecular complexity index is 1260. The number of anilines is 1. The number of furan rings is 1. The van der Waals surface area contributed by atoms with Crippen LogP contribution in [-0.2, 0) is 16.0 Å². The molecule has 154 valence electrons. The molecule has 1 unspecified atom stereocenters. The number of hydrogen-bond acceptors (Lipinski definition) is 6. The largest absolute Gasteiger partial charge is 0.503 e. The van der Waals surface area contributed by atoms with Crippen LogP contribution in [0.1, 0.15) is 23.8 Å². The first-order valence-corrected chi connectivity index (χ1v) is 10.7. The number of amides is 1. The molecule has 1 aliphatic heterocycles. The zero-order chi connectivity index (χ0) is 21.4. The fourth-order valence-electron chi connectivity index (χ4n) is 3.80. The predicted octanol–water partition coefficient (Wildman–Crippen LogP) is 4.99. The van der Waals surface area contributed by atoms with E-state index < -0.39 is 17.7 Å². The number of thiazole rings is 1. The molecule has 1 atom stereocenters. The summed E-state index contributed by atoms with van der Waals surface area (Å²) in [5, 5.41) is 11.1. The minimum atomic E-state index is -0.855. The molecule has 1 aliphatic rings. The minimum Gasteiger partial charge on any atom is -0.503 e. The van der Waals surface area contributed by atoms with Crippen LogP contribution < -0.4 is 4.90 Å². The molecule has 1 amide bonds. The van der Waals surface area contributed by atoms with Gasteiger partial charge < -0.3 is 9.52 Å². The van der Waals surface area contributed by atoms with E-state index >= 15 is 0 Å². The van der Waals surface area contributed by atoms with E-state index in [1.165, 1.54) is 22.5 Å². The van der Waals surface area contributed by atoms with Gasteiger partial charge in [0.05, 0.1) is 22.1 Å². The van der Waals surface area contributed by atoms with E-state index in [-0.39, 0.29) is 17.8 Å². The third kappa shape index (κ3) is 3.43. The maximum atomic E-state index is 13.2. The van der Waals surface area contributed by atoms with Gasteiger partial charge >= 0.3 is 0 Å². The molecule has 5 rings (SSSR count). The van der Waals surface area contributed by atoms with E-state index in [0.717, 1.165) is 15.8 Å². The number of hydrogen-bond donors (Lipinski definition) is 1. The number of Topliss-reactive ketones (excluding diaryl/α,β-unsaturated/α-hetero) is 1. The van der Waals surface area contributed by atoms with Crippen LogP contribution in [0.3, 0.4) is 0 Å². The normalized spacial score (nSPS) is 16.5. The van der Waals surface area contributed by atoms with Gasteiger partial charge in [0.25, 0.3) is 5.91 Å². The van der Waals surface area contributed by atoms with Gasteiger partial charge in [-0.15, -0.1) is 0 Å². The van der Waals surface area contributed by atoms with Crippen molar-refractivity contribution in [1.82, 2.24) is 4.98 Å². The lowest BCUT2D eigenvalue weighted by molar-refractivity contribution is -0.118. The van der Waals surface area contributed by atoms with Gasteiger partial charge in [-0.25, -0.2) is 4.98 Å². The molecular weight excluding hydrogens is 412 g/mol. The number of carbonyl (C=O) groups is 2. The quantitative estimate of drug-likeness (QED) is 0.466. The average Bonchev–Trinajstić information content (AvgIpc) is 3.51. The molecule has 0 saturated heterocycles. The summed E-state index contributed by atoms with van der Waals surface area (Å²) in [6, 6.07) is 19.7. The fraction of sp³-hybridized carbons (Fsp3) is 0.125. The Morgan fingerprint density at radius 3 is 2.58 bits per heavy atom. The Hall–Kier alpha value is -3.71. The summed E-state index contributed by atoms with van der Waals surface area (Å²) in [5.74, 6) is -1.08. The molecule has 0 aliphatic carbocycles. The number of ketones is 1. The molecule has 4 aromatic rings. The molecule has 3 heterocycles. The highest BCUT2D eigenvalue weighted by Crippen LogP contribution is 2.43. The second kappa shape index (κ2) is 7.85. The molecule has 31 heavy (non-hydrogen) atoms. The smallest absolute Gasteiger partial charge is 0.296 e. The van der Waals surface area contributed by atoms with Crippen molar-refractivity contribution in [2.45, 2.75) is 18.9 Å². The second-order valence-electron chi connectivity index (χ2n) is 7.23. The fourth-order valence-corrected chi connectivity index (χ4v) is 4.80. The zero-order valence-electron chi connectivity index (χ0n) is 16.4. The molecular formula is C24H18N2O4S. The lowest BCUT2D eigenvalue weighted by atomic mass is 9.96.